The Balaban J connectivity index is 0.000000224. The predicted molar refractivity (Wildman–Crippen MR) is 84.6 cm³/mol. The molecule has 116 valence electrons. The summed E-state index contributed by atoms with van der Waals surface area (Å²) in [4.78, 5) is 20.5. The standard InChI is InChI=1S/C9H11NO2.C7H7NO2/c10-8-4-2-1-3-7(8)5-6-9(11)12;8-6-3-1-5(2-4-6)7(9)10/h1-4H,5-6,10H2,(H,11,12);1-4H,8H2,(H,9,10). The van der Waals surface area contributed by atoms with Crippen molar-refractivity contribution >= 4 is 23.3 Å². The minimum Gasteiger partial charge on any atom is -0.481 e. The van der Waals surface area contributed by atoms with Crippen molar-refractivity contribution in [3.05, 3.63) is 59.7 Å². The Kier molecular flexibility index (Phi) is 6.43. The largest absolute Gasteiger partial charge is 0.481 e. The maximum absolute atomic E-state index is 10.3. The van der Waals surface area contributed by atoms with Crippen molar-refractivity contribution in [2.24, 2.45) is 0 Å². The van der Waals surface area contributed by atoms with Gasteiger partial charge in [0.05, 0.1) is 5.56 Å². The van der Waals surface area contributed by atoms with E-state index in [4.69, 9.17) is 21.7 Å². The predicted octanol–water partition coefficient (Wildman–Crippen LogP) is 2.25. The third-order valence-electron chi connectivity index (χ3n) is 2.82. The molecular weight excluding hydrogens is 284 g/mol. The molecule has 0 amide bonds. The molecule has 0 saturated carbocycles. The van der Waals surface area contributed by atoms with E-state index >= 15 is 0 Å². The number of nitrogen functional groups attached to an aromatic ring is 2. The van der Waals surface area contributed by atoms with Gasteiger partial charge >= 0.3 is 11.9 Å². The molecule has 2 rings (SSSR count). The molecule has 0 spiro atoms. The number of para-hydroxylation sites is 1. The lowest BCUT2D eigenvalue weighted by molar-refractivity contribution is -0.136. The Morgan fingerprint density at radius 2 is 1.50 bits per heavy atom. The molecule has 0 radical (unpaired) electrons. The fourth-order valence-corrected chi connectivity index (χ4v) is 1.63. The smallest absolute Gasteiger partial charge is 0.335 e. The van der Waals surface area contributed by atoms with Crippen molar-refractivity contribution in [3.8, 4) is 0 Å². The lowest BCUT2D eigenvalue weighted by Crippen LogP contribution is -2.00. The summed E-state index contributed by atoms with van der Waals surface area (Å²) in [6.07, 6.45) is 0.635. The van der Waals surface area contributed by atoms with Crippen LogP contribution >= 0.6 is 0 Å². The summed E-state index contributed by atoms with van der Waals surface area (Å²) < 4.78 is 0. The highest BCUT2D eigenvalue weighted by Crippen LogP contribution is 2.12. The van der Waals surface area contributed by atoms with E-state index < -0.39 is 11.9 Å². The molecule has 0 aliphatic heterocycles. The quantitative estimate of drug-likeness (QED) is 0.641. The molecule has 0 bridgehead atoms. The highest BCUT2D eigenvalue weighted by atomic mass is 16.4. The van der Waals surface area contributed by atoms with Crippen molar-refractivity contribution in [1.29, 1.82) is 0 Å². The van der Waals surface area contributed by atoms with Crippen LogP contribution < -0.4 is 11.5 Å². The van der Waals surface area contributed by atoms with E-state index in [0.717, 1.165) is 5.56 Å². The molecule has 0 saturated heterocycles. The van der Waals surface area contributed by atoms with Crippen molar-refractivity contribution in [1.82, 2.24) is 0 Å². The Hall–Kier alpha value is -3.02. The molecule has 0 unspecified atom stereocenters. The number of rotatable bonds is 4. The first-order valence-corrected chi connectivity index (χ1v) is 6.54. The summed E-state index contributed by atoms with van der Waals surface area (Å²) in [5.74, 6) is -1.72. The van der Waals surface area contributed by atoms with Crippen LogP contribution in [0.2, 0.25) is 0 Å². The highest BCUT2D eigenvalue weighted by molar-refractivity contribution is 5.87. The number of hydrogen-bond donors (Lipinski definition) is 4. The first-order valence-electron chi connectivity index (χ1n) is 6.54. The van der Waals surface area contributed by atoms with E-state index in [9.17, 15) is 9.59 Å². The summed E-state index contributed by atoms with van der Waals surface area (Å²) in [5.41, 5.74) is 13.3. The first kappa shape index (κ1) is 17.0. The Morgan fingerprint density at radius 3 is 2.00 bits per heavy atom. The van der Waals surface area contributed by atoms with Gasteiger partial charge in [0.2, 0.25) is 0 Å². The van der Waals surface area contributed by atoms with Gasteiger partial charge in [0.1, 0.15) is 0 Å². The van der Waals surface area contributed by atoms with E-state index in [1.54, 1.807) is 18.2 Å². The number of aliphatic carboxylic acids is 1. The summed E-state index contributed by atoms with van der Waals surface area (Å²) >= 11 is 0. The van der Waals surface area contributed by atoms with Crippen LogP contribution in [0.5, 0.6) is 0 Å². The van der Waals surface area contributed by atoms with E-state index in [1.807, 2.05) is 18.2 Å². The summed E-state index contributed by atoms with van der Waals surface area (Å²) in [6.45, 7) is 0. The molecule has 6 N–H and O–H groups in total. The number of anilines is 2. The van der Waals surface area contributed by atoms with Crippen molar-refractivity contribution in [2.45, 2.75) is 12.8 Å². The molecule has 0 heterocycles. The molecule has 2 aromatic rings. The van der Waals surface area contributed by atoms with Gasteiger partial charge in [-0.1, -0.05) is 18.2 Å². The van der Waals surface area contributed by atoms with Crippen LogP contribution in [0.4, 0.5) is 11.4 Å². The monoisotopic (exact) mass is 302 g/mol. The fourth-order valence-electron chi connectivity index (χ4n) is 1.63. The highest BCUT2D eigenvalue weighted by Gasteiger charge is 2.01. The van der Waals surface area contributed by atoms with Crippen LogP contribution in [0, 0.1) is 0 Å². The average Bonchev–Trinajstić information content (AvgIpc) is 2.47. The second-order valence-electron chi connectivity index (χ2n) is 4.52. The SMILES string of the molecule is Nc1ccc(C(=O)O)cc1.Nc1ccccc1CCC(=O)O. The fraction of sp³-hybridized carbons (Fsp3) is 0.125. The number of nitrogens with two attached hydrogens (primary N) is 2. The average molecular weight is 302 g/mol. The Bertz CT molecular complexity index is 639. The summed E-state index contributed by atoms with van der Waals surface area (Å²) in [7, 11) is 0. The van der Waals surface area contributed by atoms with Crippen LogP contribution in [0.15, 0.2) is 48.5 Å². The maximum atomic E-state index is 10.3. The molecule has 0 fully saturated rings. The maximum Gasteiger partial charge on any atom is 0.335 e. The van der Waals surface area contributed by atoms with Crippen LogP contribution in [0.3, 0.4) is 0 Å². The van der Waals surface area contributed by atoms with Gasteiger partial charge in [-0.15, -0.1) is 0 Å². The molecule has 22 heavy (non-hydrogen) atoms. The van der Waals surface area contributed by atoms with Gasteiger partial charge in [0.15, 0.2) is 0 Å². The van der Waals surface area contributed by atoms with Gasteiger partial charge in [-0.25, -0.2) is 4.79 Å². The van der Waals surface area contributed by atoms with Gasteiger partial charge < -0.3 is 21.7 Å². The number of carboxylic acids is 2. The van der Waals surface area contributed by atoms with E-state index in [2.05, 4.69) is 0 Å². The second kappa shape index (κ2) is 8.31. The topological polar surface area (TPSA) is 127 Å². The van der Waals surface area contributed by atoms with Crippen LogP contribution in [-0.4, -0.2) is 22.2 Å². The van der Waals surface area contributed by atoms with Gasteiger partial charge in [-0.05, 0) is 42.3 Å². The number of carboxylic acid groups (broad SMARTS) is 2. The minimum absolute atomic E-state index is 0.133. The van der Waals surface area contributed by atoms with Crippen LogP contribution in [0.25, 0.3) is 0 Å². The zero-order chi connectivity index (χ0) is 16.5. The van der Waals surface area contributed by atoms with Crippen molar-refractivity contribution in [2.75, 3.05) is 11.5 Å². The third-order valence-corrected chi connectivity index (χ3v) is 2.82. The second-order valence-corrected chi connectivity index (χ2v) is 4.52. The Labute approximate surface area is 128 Å². The molecule has 6 heteroatoms. The lowest BCUT2D eigenvalue weighted by Gasteiger charge is -2.01. The van der Waals surface area contributed by atoms with Crippen molar-refractivity contribution < 1.29 is 19.8 Å². The van der Waals surface area contributed by atoms with Crippen molar-refractivity contribution in [3.63, 3.8) is 0 Å². The van der Waals surface area contributed by atoms with Gasteiger partial charge in [-0.2, -0.15) is 0 Å². The first-order chi connectivity index (χ1) is 10.4. The number of benzene rings is 2. The van der Waals surface area contributed by atoms with E-state index in [1.165, 1.54) is 12.1 Å². The van der Waals surface area contributed by atoms with Crippen LogP contribution in [-0.2, 0) is 11.2 Å². The number of aromatic carboxylic acids is 1. The minimum atomic E-state index is -0.931. The summed E-state index contributed by atoms with van der Waals surface area (Å²) in [5, 5.41) is 16.9. The molecule has 0 aromatic heterocycles. The molecule has 0 aliphatic carbocycles. The zero-order valence-corrected chi connectivity index (χ0v) is 11.9. The third kappa shape index (κ3) is 5.96. The molecular formula is C16H18N2O4. The molecule has 2 aromatic carbocycles. The van der Waals surface area contributed by atoms with Gasteiger partial charge in [0, 0.05) is 17.8 Å². The lowest BCUT2D eigenvalue weighted by atomic mass is 10.1. The van der Waals surface area contributed by atoms with Gasteiger partial charge in [0.25, 0.3) is 0 Å². The Morgan fingerprint density at radius 1 is 0.909 bits per heavy atom. The molecule has 6 nitrogen and oxygen atoms in total. The zero-order valence-electron chi connectivity index (χ0n) is 11.9. The number of hydrogen-bond acceptors (Lipinski definition) is 4. The number of aryl methyl sites for hydroxylation is 1. The van der Waals surface area contributed by atoms with E-state index in [-0.39, 0.29) is 12.0 Å². The molecule has 0 aliphatic rings. The summed E-state index contributed by atoms with van der Waals surface area (Å²) in [6, 6.07) is 13.4. The molecule has 0 atom stereocenters. The van der Waals surface area contributed by atoms with Gasteiger partial charge in [-0.3, -0.25) is 4.79 Å². The number of carbonyl (C=O) groups is 2. The normalized spacial score (nSPS) is 9.45. The van der Waals surface area contributed by atoms with E-state index in [0.29, 0.717) is 17.8 Å². The van der Waals surface area contributed by atoms with Crippen LogP contribution in [0.1, 0.15) is 22.3 Å².